The van der Waals surface area contributed by atoms with E-state index in [-0.39, 0.29) is 17.4 Å². The van der Waals surface area contributed by atoms with E-state index in [1.807, 2.05) is 6.07 Å². The van der Waals surface area contributed by atoms with Gasteiger partial charge in [-0.2, -0.15) is 5.26 Å². The van der Waals surface area contributed by atoms with E-state index in [0.717, 1.165) is 9.37 Å². The number of hydrogen-bond donors (Lipinski definition) is 0. The number of fused-ring (bicyclic) bond motifs is 2. The summed E-state index contributed by atoms with van der Waals surface area (Å²) in [5.41, 5.74) is 0.623. The lowest BCUT2D eigenvalue weighted by molar-refractivity contribution is -0.146. The number of benzene rings is 1. The Kier molecular flexibility index (Phi) is 2.88. The topological polar surface area (TPSA) is 70.4 Å². The molecule has 2 aliphatic rings. The number of amides is 2. The van der Waals surface area contributed by atoms with Crippen molar-refractivity contribution in [3.8, 4) is 6.07 Å². The Bertz CT molecular complexity index is 601. The maximum absolute atomic E-state index is 12.2. The van der Waals surface area contributed by atoms with Gasteiger partial charge in [0.15, 0.2) is 0 Å². The normalized spacial score (nSPS) is 25.6. The highest BCUT2D eigenvalue weighted by Crippen LogP contribution is 2.33. The van der Waals surface area contributed by atoms with E-state index in [1.54, 1.807) is 18.2 Å². The summed E-state index contributed by atoms with van der Waals surface area (Å²) in [6.45, 7) is 0. The fourth-order valence-corrected chi connectivity index (χ4v) is 2.79. The van der Waals surface area contributed by atoms with E-state index >= 15 is 0 Å². The quantitative estimate of drug-likeness (QED) is 0.739. The number of hydrogen-bond acceptors (Lipinski definition) is 4. The highest BCUT2D eigenvalue weighted by atomic mass is 79.9. The maximum atomic E-state index is 12.2. The Hall–Kier alpha value is -1.71. The second kappa shape index (κ2) is 4.44. The molecule has 2 unspecified atom stereocenters. The lowest BCUT2D eigenvalue weighted by atomic mass is 10.1. The molecule has 0 spiro atoms. The van der Waals surface area contributed by atoms with Gasteiger partial charge in [-0.25, -0.2) is 4.90 Å². The van der Waals surface area contributed by atoms with Crippen molar-refractivity contribution in [3.63, 3.8) is 0 Å². The van der Waals surface area contributed by atoms with Crippen molar-refractivity contribution in [1.82, 2.24) is 0 Å². The first-order valence-electron chi connectivity index (χ1n) is 5.84. The fourth-order valence-electron chi connectivity index (χ4n) is 2.43. The van der Waals surface area contributed by atoms with Crippen LogP contribution in [0.3, 0.4) is 0 Å². The summed E-state index contributed by atoms with van der Waals surface area (Å²) in [6, 6.07) is 6.90. The average Bonchev–Trinajstić information content (AvgIpc) is 2.85. The number of rotatable bonds is 1. The minimum Gasteiger partial charge on any atom is -0.355 e. The third-order valence-corrected chi connectivity index (χ3v) is 3.82. The lowest BCUT2D eigenvalue weighted by Gasteiger charge is -2.30. The molecule has 0 aliphatic carbocycles. The lowest BCUT2D eigenvalue weighted by Crippen LogP contribution is -2.52. The number of ether oxygens (including phenoxy) is 1. The largest absolute Gasteiger partial charge is 0.355 e. The molecule has 2 bridgehead atoms. The average molecular weight is 321 g/mol. The van der Waals surface area contributed by atoms with E-state index in [9.17, 15) is 9.59 Å². The first-order valence-corrected chi connectivity index (χ1v) is 6.64. The van der Waals surface area contributed by atoms with Crippen LogP contribution in [0, 0.1) is 11.3 Å². The number of carbonyl (C=O) groups is 2. The SMILES string of the molecule is N#Cc1cc(Br)ccc1N1C(=O)C2CCC(O2)C1=O. The highest BCUT2D eigenvalue weighted by Gasteiger charge is 2.47. The fraction of sp³-hybridized carbons (Fsp3) is 0.308. The molecule has 2 fully saturated rings. The second-order valence-electron chi connectivity index (χ2n) is 4.48. The molecule has 6 heteroatoms. The van der Waals surface area contributed by atoms with Crippen molar-refractivity contribution in [2.75, 3.05) is 4.90 Å². The summed E-state index contributed by atoms with van der Waals surface area (Å²) in [4.78, 5) is 25.5. The van der Waals surface area contributed by atoms with Gasteiger partial charge in [0.2, 0.25) is 0 Å². The van der Waals surface area contributed by atoms with Crippen LogP contribution in [0.5, 0.6) is 0 Å². The van der Waals surface area contributed by atoms with Crippen LogP contribution in [-0.4, -0.2) is 24.0 Å². The monoisotopic (exact) mass is 320 g/mol. The molecule has 1 aromatic rings. The van der Waals surface area contributed by atoms with Crippen molar-refractivity contribution in [2.45, 2.75) is 25.0 Å². The van der Waals surface area contributed by atoms with Crippen LogP contribution in [0.25, 0.3) is 0 Å². The summed E-state index contributed by atoms with van der Waals surface area (Å²) < 4.78 is 6.06. The number of carbonyl (C=O) groups excluding carboxylic acids is 2. The van der Waals surface area contributed by atoms with Crippen LogP contribution in [0.1, 0.15) is 18.4 Å². The zero-order valence-corrected chi connectivity index (χ0v) is 11.4. The van der Waals surface area contributed by atoms with Gasteiger partial charge in [0, 0.05) is 4.47 Å². The van der Waals surface area contributed by atoms with Crippen molar-refractivity contribution in [2.24, 2.45) is 0 Å². The molecule has 2 aliphatic heterocycles. The first-order chi connectivity index (χ1) is 9.11. The Balaban J connectivity index is 2.09. The second-order valence-corrected chi connectivity index (χ2v) is 5.39. The van der Waals surface area contributed by atoms with Gasteiger partial charge in [0.25, 0.3) is 11.8 Å². The van der Waals surface area contributed by atoms with Crippen LogP contribution >= 0.6 is 15.9 Å². The van der Waals surface area contributed by atoms with E-state index in [4.69, 9.17) is 10.00 Å². The van der Waals surface area contributed by atoms with Crippen LogP contribution in [0.4, 0.5) is 5.69 Å². The number of imide groups is 1. The standard InChI is InChI=1S/C13H9BrN2O3/c14-8-1-2-9(7(5-8)6-15)16-12(17)10-3-4-11(19-10)13(16)18/h1-2,5,10-11H,3-4H2. The predicted molar refractivity (Wildman–Crippen MR) is 69.2 cm³/mol. The predicted octanol–water partition coefficient (Wildman–Crippen LogP) is 1.74. The summed E-state index contributed by atoms with van der Waals surface area (Å²) in [6.07, 6.45) is 0.00434. The van der Waals surface area contributed by atoms with Gasteiger partial charge >= 0.3 is 0 Å². The van der Waals surface area contributed by atoms with E-state index in [0.29, 0.717) is 18.5 Å². The first kappa shape index (κ1) is 12.3. The Morgan fingerprint density at radius 2 is 1.89 bits per heavy atom. The van der Waals surface area contributed by atoms with Crippen molar-refractivity contribution in [3.05, 3.63) is 28.2 Å². The summed E-state index contributed by atoms with van der Waals surface area (Å²) >= 11 is 3.26. The minimum atomic E-state index is -0.558. The van der Waals surface area contributed by atoms with Crippen LogP contribution in [-0.2, 0) is 14.3 Å². The van der Waals surface area contributed by atoms with Crippen molar-refractivity contribution in [1.29, 1.82) is 5.26 Å². The van der Waals surface area contributed by atoms with E-state index < -0.39 is 12.2 Å². The number of anilines is 1. The molecule has 1 aromatic carbocycles. The van der Waals surface area contributed by atoms with Crippen molar-refractivity contribution >= 4 is 33.4 Å². The number of nitriles is 1. The molecule has 2 heterocycles. The van der Waals surface area contributed by atoms with E-state index in [2.05, 4.69) is 15.9 Å². The number of morpholine rings is 1. The molecule has 0 radical (unpaired) electrons. The molecule has 5 nitrogen and oxygen atoms in total. The highest BCUT2D eigenvalue weighted by molar-refractivity contribution is 9.10. The molecule has 0 saturated carbocycles. The number of nitrogens with zero attached hydrogens (tertiary/aromatic N) is 2. The molecule has 2 saturated heterocycles. The molecule has 0 N–H and O–H groups in total. The van der Waals surface area contributed by atoms with Crippen LogP contribution in [0.2, 0.25) is 0 Å². The van der Waals surface area contributed by atoms with Gasteiger partial charge in [-0.05, 0) is 31.0 Å². The Morgan fingerprint density at radius 3 is 2.47 bits per heavy atom. The molecule has 96 valence electrons. The summed E-state index contributed by atoms with van der Waals surface area (Å²) in [5, 5.41) is 9.14. The van der Waals surface area contributed by atoms with Gasteiger partial charge in [-0.1, -0.05) is 15.9 Å². The molecule has 0 aromatic heterocycles. The molecular weight excluding hydrogens is 312 g/mol. The van der Waals surface area contributed by atoms with Crippen LogP contribution < -0.4 is 4.90 Å². The van der Waals surface area contributed by atoms with Gasteiger partial charge < -0.3 is 4.74 Å². The third-order valence-electron chi connectivity index (χ3n) is 3.33. The molecular formula is C13H9BrN2O3. The zero-order chi connectivity index (χ0) is 13.6. The van der Waals surface area contributed by atoms with Crippen LogP contribution in [0.15, 0.2) is 22.7 Å². The molecule has 19 heavy (non-hydrogen) atoms. The Labute approximate surface area is 117 Å². The molecule has 2 atom stereocenters. The smallest absolute Gasteiger partial charge is 0.263 e. The molecule has 2 amide bonds. The summed E-state index contributed by atoms with van der Waals surface area (Å²) in [5.74, 6) is -0.754. The van der Waals surface area contributed by atoms with Crippen molar-refractivity contribution < 1.29 is 14.3 Å². The van der Waals surface area contributed by atoms with Gasteiger partial charge in [0.1, 0.15) is 18.3 Å². The van der Waals surface area contributed by atoms with Gasteiger partial charge in [0.05, 0.1) is 11.3 Å². The van der Waals surface area contributed by atoms with Gasteiger partial charge in [-0.3, -0.25) is 9.59 Å². The van der Waals surface area contributed by atoms with Gasteiger partial charge in [-0.15, -0.1) is 0 Å². The third kappa shape index (κ3) is 1.86. The zero-order valence-electron chi connectivity index (χ0n) is 9.80. The minimum absolute atomic E-state index is 0.289. The number of halogens is 1. The summed E-state index contributed by atoms with van der Waals surface area (Å²) in [7, 11) is 0. The molecule has 3 rings (SSSR count). The van der Waals surface area contributed by atoms with E-state index in [1.165, 1.54) is 0 Å². The Morgan fingerprint density at radius 1 is 1.26 bits per heavy atom. The maximum Gasteiger partial charge on any atom is 0.263 e.